The van der Waals surface area contributed by atoms with E-state index in [1.165, 1.54) is 48.9 Å². The van der Waals surface area contributed by atoms with Crippen molar-refractivity contribution < 1.29 is 4.42 Å². The maximum Gasteiger partial charge on any atom is 0.143 e. The molecule has 3 heteroatoms. The summed E-state index contributed by atoms with van der Waals surface area (Å²) in [5.74, 6) is 0. The molecule has 2 aromatic heterocycles. The first-order valence-electron chi connectivity index (χ1n) is 22.3. The quantitative estimate of drug-likeness (QED) is 0.149. The van der Waals surface area contributed by atoms with Gasteiger partial charge in [-0.05, 0) is 93.0 Å². The van der Waals surface area contributed by atoms with Gasteiger partial charge in [0.2, 0.25) is 0 Å². The van der Waals surface area contributed by atoms with Crippen molar-refractivity contribution >= 4 is 82.4 Å². The van der Waals surface area contributed by atoms with Crippen LogP contribution in [0.3, 0.4) is 0 Å². The van der Waals surface area contributed by atoms with E-state index < -0.39 is 0 Å². The van der Waals surface area contributed by atoms with E-state index in [9.17, 15) is 0 Å². The topological polar surface area (TPSA) is 21.3 Å². The number of aromatic nitrogens is 1. The fraction of sp³-hybridized carbons (Fsp3) is 0. The number of anilines is 3. The Bertz CT molecular complexity index is 3900. The first kappa shape index (κ1) is 36.9. The minimum absolute atomic E-state index is 0.901. The smallest absolute Gasteiger partial charge is 0.143 e. The second-order valence-electron chi connectivity index (χ2n) is 16.8. The summed E-state index contributed by atoms with van der Waals surface area (Å²) in [7, 11) is 0. The Morgan fingerprint density at radius 2 is 0.815 bits per heavy atom. The Hall–Kier alpha value is -8.66. The summed E-state index contributed by atoms with van der Waals surface area (Å²) in [6.07, 6.45) is 0. The second kappa shape index (κ2) is 15.0. The van der Waals surface area contributed by atoms with Gasteiger partial charge in [0.15, 0.2) is 0 Å². The molecule has 0 spiro atoms. The molecular weight excluding hydrogens is 789 g/mol. The van der Waals surface area contributed by atoms with Crippen LogP contribution in [-0.2, 0) is 0 Å². The van der Waals surface area contributed by atoms with Gasteiger partial charge in [-0.25, -0.2) is 0 Å². The maximum atomic E-state index is 6.53. The van der Waals surface area contributed by atoms with Crippen LogP contribution in [0.2, 0.25) is 0 Å². The normalized spacial score (nSPS) is 11.7. The third-order valence-corrected chi connectivity index (χ3v) is 13.2. The van der Waals surface area contributed by atoms with Crippen LogP contribution in [0.15, 0.2) is 247 Å². The highest BCUT2D eigenvalue weighted by Gasteiger charge is 2.21. The SMILES string of the molecule is c1ccc(-c2cccc3c2oc2ccccc23)c(-c2ccc(N(c3ccc(-c4ccccc4-n4c5ccccc5c5ccccc54)cc3)c3cc4ccccc4c4ccccc34)cc2)c1. The number of nitrogens with zero attached hydrogens (tertiary/aromatic N) is 2. The van der Waals surface area contributed by atoms with Crippen molar-refractivity contribution in [2.45, 2.75) is 0 Å². The molecule has 0 aliphatic rings. The second-order valence-corrected chi connectivity index (χ2v) is 16.8. The molecule has 0 radical (unpaired) electrons. The molecule has 0 unspecified atom stereocenters. The summed E-state index contributed by atoms with van der Waals surface area (Å²) < 4.78 is 8.95. The van der Waals surface area contributed by atoms with Gasteiger partial charge < -0.3 is 13.9 Å². The molecule has 0 fully saturated rings. The monoisotopic (exact) mass is 828 g/mol. The number of hydrogen-bond donors (Lipinski definition) is 0. The molecule has 3 nitrogen and oxygen atoms in total. The Morgan fingerprint density at radius 3 is 1.52 bits per heavy atom. The molecule has 0 N–H and O–H groups in total. The minimum atomic E-state index is 0.901. The Balaban J connectivity index is 0.951. The largest absolute Gasteiger partial charge is 0.455 e. The average Bonchev–Trinajstić information content (AvgIpc) is 3.93. The zero-order valence-corrected chi connectivity index (χ0v) is 35.4. The third-order valence-electron chi connectivity index (χ3n) is 13.2. The molecule has 0 atom stereocenters. The van der Waals surface area contributed by atoms with Crippen LogP contribution >= 0.6 is 0 Å². The van der Waals surface area contributed by atoms with Gasteiger partial charge in [-0.3, -0.25) is 0 Å². The lowest BCUT2D eigenvalue weighted by Crippen LogP contribution is -2.10. The number of furan rings is 1. The van der Waals surface area contributed by atoms with E-state index in [1.54, 1.807) is 0 Å². The first-order valence-corrected chi connectivity index (χ1v) is 22.3. The van der Waals surface area contributed by atoms with Crippen LogP contribution in [0.5, 0.6) is 0 Å². The molecule has 0 saturated heterocycles. The molecule has 0 aliphatic heterocycles. The Morgan fingerprint density at radius 1 is 0.323 bits per heavy atom. The Labute approximate surface area is 376 Å². The van der Waals surface area contributed by atoms with Gasteiger partial charge in [-0.1, -0.05) is 188 Å². The van der Waals surface area contributed by atoms with Crippen molar-refractivity contribution in [1.82, 2.24) is 4.57 Å². The molecule has 13 aromatic rings. The highest BCUT2D eigenvalue weighted by molar-refractivity contribution is 6.15. The predicted octanol–water partition coefficient (Wildman–Crippen LogP) is 17.5. The van der Waals surface area contributed by atoms with E-state index >= 15 is 0 Å². The molecule has 0 bridgehead atoms. The maximum absolute atomic E-state index is 6.53. The number of para-hydroxylation sites is 5. The van der Waals surface area contributed by atoms with Crippen LogP contribution in [-0.4, -0.2) is 4.57 Å². The van der Waals surface area contributed by atoms with Crippen LogP contribution in [0.4, 0.5) is 17.1 Å². The van der Waals surface area contributed by atoms with E-state index in [1.807, 2.05) is 12.1 Å². The van der Waals surface area contributed by atoms with E-state index in [4.69, 9.17) is 4.42 Å². The summed E-state index contributed by atoms with van der Waals surface area (Å²) in [6.45, 7) is 0. The van der Waals surface area contributed by atoms with Crippen LogP contribution in [0.25, 0.3) is 104 Å². The minimum Gasteiger partial charge on any atom is -0.455 e. The summed E-state index contributed by atoms with van der Waals surface area (Å²) in [6, 6.07) is 87.7. The molecular formula is C62H40N2O. The van der Waals surface area contributed by atoms with Gasteiger partial charge in [0.25, 0.3) is 0 Å². The lowest BCUT2D eigenvalue weighted by molar-refractivity contribution is 0.670. The lowest BCUT2D eigenvalue weighted by atomic mass is 9.93. The zero-order chi connectivity index (χ0) is 42.8. The van der Waals surface area contributed by atoms with Crippen molar-refractivity contribution in [3.8, 4) is 39.1 Å². The highest BCUT2D eigenvalue weighted by atomic mass is 16.3. The molecule has 0 amide bonds. The molecule has 0 saturated carbocycles. The molecule has 13 rings (SSSR count). The number of rotatable bonds is 7. The van der Waals surface area contributed by atoms with Gasteiger partial charge in [-0.15, -0.1) is 0 Å². The zero-order valence-electron chi connectivity index (χ0n) is 35.4. The average molecular weight is 829 g/mol. The van der Waals surface area contributed by atoms with E-state index in [0.29, 0.717) is 0 Å². The van der Waals surface area contributed by atoms with Crippen molar-refractivity contribution in [2.24, 2.45) is 0 Å². The fourth-order valence-corrected chi connectivity index (χ4v) is 10.3. The molecule has 2 heterocycles. The first-order chi connectivity index (χ1) is 32.3. The fourth-order valence-electron chi connectivity index (χ4n) is 10.3. The summed E-state index contributed by atoms with van der Waals surface area (Å²) in [5.41, 5.74) is 15.5. The van der Waals surface area contributed by atoms with Gasteiger partial charge in [0, 0.05) is 49.4 Å². The van der Waals surface area contributed by atoms with E-state index in [0.717, 1.165) is 72.5 Å². The van der Waals surface area contributed by atoms with Crippen molar-refractivity contribution in [1.29, 1.82) is 0 Å². The summed E-state index contributed by atoms with van der Waals surface area (Å²) >= 11 is 0. The van der Waals surface area contributed by atoms with Crippen LogP contribution in [0.1, 0.15) is 0 Å². The van der Waals surface area contributed by atoms with Gasteiger partial charge in [-0.2, -0.15) is 0 Å². The lowest BCUT2D eigenvalue weighted by Gasteiger charge is -2.28. The van der Waals surface area contributed by atoms with Gasteiger partial charge in [0.1, 0.15) is 11.2 Å². The summed E-state index contributed by atoms with van der Waals surface area (Å²) in [4.78, 5) is 2.42. The van der Waals surface area contributed by atoms with Crippen molar-refractivity contribution in [2.75, 3.05) is 4.90 Å². The standard InChI is InChI=1S/C62H40N2O/c1-2-18-47-43(16-1)40-60(51-22-6-5-20-49(47)51)63(44-36-32-41(33-37-44)46-17-3-4-21-50(46)55-26-15-27-56-54-25-10-14-31-61(54)65-62(55)56)45-38-34-42(35-39-45)48-19-7-11-28-57(48)64-58-29-12-8-23-52(58)53-24-9-13-30-59(53)64/h1-40H. The molecule has 11 aromatic carbocycles. The third kappa shape index (κ3) is 5.97. The van der Waals surface area contributed by atoms with Crippen LogP contribution in [0, 0.1) is 0 Å². The molecule has 0 aliphatic carbocycles. The number of benzene rings is 11. The number of fused-ring (bicyclic) bond motifs is 9. The Kier molecular flexibility index (Phi) is 8.53. The highest BCUT2D eigenvalue weighted by Crippen LogP contribution is 2.45. The van der Waals surface area contributed by atoms with E-state index in [2.05, 4.69) is 240 Å². The predicted molar refractivity (Wildman–Crippen MR) is 274 cm³/mol. The van der Waals surface area contributed by atoms with Gasteiger partial charge in [0.05, 0.1) is 22.4 Å². The van der Waals surface area contributed by atoms with E-state index in [-0.39, 0.29) is 0 Å². The summed E-state index contributed by atoms with van der Waals surface area (Å²) in [5, 5.41) is 9.64. The van der Waals surface area contributed by atoms with Crippen molar-refractivity contribution in [3.63, 3.8) is 0 Å². The van der Waals surface area contributed by atoms with Crippen molar-refractivity contribution in [3.05, 3.63) is 243 Å². The van der Waals surface area contributed by atoms with Gasteiger partial charge >= 0.3 is 0 Å². The molecule has 304 valence electrons. The number of hydrogen-bond acceptors (Lipinski definition) is 2. The van der Waals surface area contributed by atoms with Crippen LogP contribution < -0.4 is 4.90 Å². The molecule has 65 heavy (non-hydrogen) atoms.